The molecule has 0 saturated heterocycles. The van der Waals surface area contributed by atoms with Crippen LogP contribution in [0.2, 0.25) is 0 Å². The topological polar surface area (TPSA) is 75.4 Å². The Bertz CT molecular complexity index is 388. The normalized spacial score (nSPS) is 14.2. The van der Waals surface area contributed by atoms with E-state index in [9.17, 15) is 15.2 Å². The maximum Gasteiger partial charge on any atom is 0.269 e. The maximum absolute atomic E-state index is 10.5. The SMILES string of the molecule is CCC(C)(O)CNCCc1ccc([N+](=O)[O-])cc1. The smallest absolute Gasteiger partial charge is 0.269 e. The first kappa shape index (κ1) is 14.6. The molecular formula is C13H20N2O3. The van der Waals surface area contributed by atoms with E-state index in [1.165, 1.54) is 12.1 Å². The fraction of sp³-hybridized carbons (Fsp3) is 0.538. The second-order valence-electron chi connectivity index (χ2n) is 4.70. The van der Waals surface area contributed by atoms with Crippen LogP contribution in [0, 0.1) is 10.1 Å². The zero-order valence-electron chi connectivity index (χ0n) is 10.8. The molecule has 0 heterocycles. The average Bonchev–Trinajstić information content (AvgIpc) is 2.35. The molecule has 0 spiro atoms. The van der Waals surface area contributed by atoms with Crippen molar-refractivity contribution >= 4 is 5.69 Å². The van der Waals surface area contributed by atoms with Crippen molar-refractivity contribution in [1.29, 1.82) is 0 Å². The van der Waals surface area contributed by atoms with Gasteiger partial charge in [0.2, 0.25) is 0 Å². The minimum atomic E-state index is -0.671. The number of nitrogens with one attached hydrogen (secondary N) is 1. The fourth-order valence-electron chi connectivity index (χ4n) is 1.50. The molecule has 0 aliphatic carbocycles. The number of benzene rings is 1. The van der Waals surface area contributed by atoms with Crippen LogP contribution in [-0.2, 0) is 6.42 Å². The number of hydrogen-bond acceptors (Lipinski definition) is 4. The minimum Gasteiger partial charge on any atom is -0.389 e. The molecule has 0 bridgehead atoms. The zero-order chi connectivity index (χ0) is 13.6. The molecule has 5 nitrogen and oxygen atoms in total. The molecule has 1 aromatic carbocycles. The van der Waals surface area contributed by atoms with E-state index >= 15 is 0 Å². The van der Waals surface area contributed by atoms with E-state index in [4.69, 9.17) is 0 Å². The van der Waals surface area contributed by atoms with Crippen molar-refractivity contribution in [2.75, 3.05) is 13.1 Å². The predicted octanol–water partition coefficient (Wildman–Crippen LogP) is 1.89. The first-order chi connectivity index (χ1) is 8.44. The van der Waals surface area contributed by atoms with Gasteiger partial charge in [-0.3, -0.25) is 10.1 Å². The summed E-state index contributed by atoms with van der Waals surface area (Å²) in [5, 5.41) is 23.4. The Labute approximate surface area is 107 Å². The van der Waals surface area contributed by atoms with Crippen LogP contribution in [0.1, 0.15) is 25.8 Å². The van der Waals surface area contributed by atoms with Gasteiger partial charge in [0.25, 0.3) is 5.69 Å². The van der Waals surface area contributed by atoms with Crippen molar-refractivity contribution in [1.82, 2.24) is 5.32 Å². The van der Waals surface area contributed by atoms with Crippen LogP contribution in [0.15, 0.2) is 24.3 Å². The Balaban J connectivity index is 2.34. The van der Waals surface area contributed by atoms with Crippen molar-refractivity contribution in [2.24, 2.45) is 0 Å². The summed E-state index contributed by atoms with van der Waals surface area (Å²) in [6.07, 6.45) is 1.50. The molecule has 18 heavy (non-hydrogen) atoms. The van der Waals surface area contributed by atoms with Crippen molar-refractivity contribution in [2.45, 2.75) is 32.3 Å². The van der Waals surface area contributed by atoms with Gasteiger partial charge in [0, 0.05) is 18.7 Å². The van der Waals surface area contributed by atoms with E-state index in [0.717, 1.165) is 18.5 Å². The lowest BCUT2D eigenvalue weighted by Crippen LogP contribution is -2.37. The van der Waals surface area contributed by atoms with E-state index in [1.54, 1.807) is 19.1 Å². The molecule has 0 aromatic heterocycles. The van der Waals surface area contributed by atoms with E-state index in [0.29, 0.717) is 13.0 Å². The Morgan fingerprint density at radius 2 is 2.00 bits per heavy atom. The molecule has 0 fully saturated rings. The molecule has 1 unspecified atom stereocenters. The van der Waals surface area contributed by atoms with Gasteiger partial charge in [0.15, 0.2) is 0 Å². The molecule has 0 aliphatic heterocycles. The minimum absolute atomic E-state index is 0.112. The molecule has 5 heteroatoms. The Kier molecular flexibility index (Phi) is 5.25. The number of rotatable bonds is 7. The Morgan fingerprint density at radius 1 is 1.39 bits per heavy atom. The largest absolute Gasteiger partial charge is 0.389 e. The lowest BCUT2D eigenvalue weighted by molar-refractivity contribution is -0.384. The van der Waals surface area contributed by atoms with Gasteiger partial charge in [-0.2, -0.15) is 0 Å². The highest BCUT2D eigenvalue weighted by Gasteiger charge is 2.15. The highest BCUT2D eigenvalue weighted by atomic mass is 16.6. The standard InChI is InChI=1S/C13H20N2O3/c1-3-13(2,16)10-14-9-8-11-4-6-12(7-5-11)15(17)18/h4-7,14,16H,3,8-10H2,1-2H3. The van der Waals surface area contributed by atoms with E-state index in [1.807, 2.05) is 6.92 Å². The van der Waals surface area contributed by atoms with Gasteiger partial charge >= 0.3 is 0 Å². The van der Waals surface area contributed by atoms with Gasteiger partial charge in [-0.25, -0.2) is 0 Å². The number of nitro groups is 1. The monoisotopic (exact) mass is 252 g/mol. The van der Waals surface area contributed by atoms with E-state index in [-0.39, 0.29) is 5.69 Å². The molecule has 1 atom stereocenters. The van der Waals surface area contributed by atoms with Gasteiger partial charge in [-0.1, -0.05) is 19.1 Å². The summed E-state index contributed by atoms with van der Waals surface area (Å²) in [5.74, 6) is 0. The molecule has 1 aromatic rings. The van der Waals surface area contributed by atoms with E-state index < -0.39 is 10.5 Å². The van der Waals surface area contributed by atoms with Crippen LogP contribution in [0.4, 0.5) is 5.69 Å². The van der Waals surface area contributed by atoms with Crippen LogP contribution < -0.4 is 5.32 Å². The molecule has 0 radical (unpaired) electrons. The van der Waals surface area contributed by atoms with Crippen molar-refractivity contribution < 1.29 is 10.0 Å². The summed E-state index contributed by atoms with van der Waals surface area (Å²) >= 11 is 0. The highest BCUT2D eigenvalue weighted by molar-refractivity contribution is 5.32. The van der Waals surface area contributed by atoms with Gasteiger partial charge in [0.1, 0.15) is 0 Å². The van der Waals surface area contributed by atoms with Crippen LogP contribution in [0.3, 0.4) is 0 Å². The number of hydrogen-bond donors (Lipinski definition) is 2. The zero-order valence-corrected chi connectivity index (χ0v) is 10.8. The van der Waals surface area contributed by atoms with Gasteiger partial charge in [0.05, 0.1) is 10.5 Å². The third-order valence-corrected chi connectivity index (χ3v) is 3.01. The van der Waals surface area contributed by atoms with Gasteiger partial charge in [-0.05, 0) is 31.9 Å². The number of non-ortho nitro benzene ring substituents is 1. The predicted molar refractivity (Wildman–Crippen MR) is 70.6 cm³/mol. The van der Waals surface area contributed by atoms with Crippen molar-refractivity contribution in [3.63, 3.8) is 0 Å². The first-order valence-electron chi connectivity index (χ1n) is 6.11. The summed E-state index contributed by atoms with van der Waals surface area (Å²) in [7, 11) is 0. The molecule has 2 N–H and O–H groups in total. The van der Waals surface area contributed by atoms with Crippen LogP contribution >= 0.6 is 0 Å². The lowest BCUT2D eigenvalue weighted by atomic mass is 10.0. The van der Waals surface area contributed by atoms with E-state index in [2.05, 4.69) is 5.32 Å². The molecule has 0 saturated carbocycles. The van der Waals surface area contributed by atoms with Crippen LogP contribution in [0.5, 0.6) is 0 Å². The summed E-state index contributed by atoms with van der Waals surface area (Å²) in [5.41, 5.74) is 0.486. The third kappa shape index (κ3) is 4.81. The van der Waals surface area contributed by atoms with Crippen molar-refractivity contribution in [3.8, 4) is 0 Å². The Morgan fingerprint density at radius 3 is 2.50 bits per heavy atom. The fourth-order valence-corrected chi connectivity index (χ4v) is 1.50. The summed E-state index contributed by atoms with van der Waals surface area (Å²) in [4.78, 5) is 10.1. The maximum atomic E-state index is 10.5. The molecule has 0 amide bonds. The van der Waals surface area contributed by atoms with Crippen LogP contribution in [0.25, 0.3) is 0 Å². The highest BCUT2D eigenvalue weighted by Crippen LogP contribution is 2.12. The number of nitro benzene ring substituents is 1. The second-order valence-corrected chi connectivity index (χ2v) is 4.70. The second kappa shape index (κ2) is 6.47. The number of aliphatic hydroxyl groups is 1. The summed E-state index contributed by atoms with van der Waals surface area (Å²) < 4.78 is 0. The molecule has 1 rings (SSSR count). The van der Waals surface area contributed by atoms with Crippen LogP contribution in [-0.4, -0.2) is 28.7 Å². The quantitative estimate of drug-likeness (QED) is 0.441. The average molecular weight is 252 g/mol. The summed E-state index contributed by atoms with van der Waals surface area (Å²) in [6.45, 7) is 5.04. The van der Waals surface area contributed by atoms with Gasteiger partial charge in [-0.15, -0.1) is 0 Å². The van der Waals surface area contributed by atoms with Crippen molar-refractivity contribution in [3.05, 3.63) is 39.9 Å². The molecule has 0 aliphatic rings. The third-order valence-electron chi connectivity index (χ3n) is 3.01. The summed E-state index contributed by atoms with van der Waals surface area (Å²) in [6, 6.07) is 6.55. The lowest BCUT2D eigenvalue weighted by Gasteiger charge is -2.21. The first-order valence-corrected chi connectivity index (χ1v) is 6.11. The number of nitrogens with zero attached hydrogens (tertiary/aromatic N) is 1. The molecule has 100 valence electrons. The van der Waals surface area contributed by atoms with Gasteiger partial charge < -0.3 is 10.4 Å². The molecular weight excluding hydrogens is 232 g/mol. The Hall–Kier alpha value is -1.46.